The minimum absolute atomic E-state index is 0.449. The highest BCUT2D eigenvalue weighted by atomic mass is 32.1. The third-order valence-corrected chi connectivity index (χ3v) is 4.25. The standard InChI is InChI=1S/C11H17N3O2S/c1-8-2-4-11(5-3-8,9(15)16)6-12-10-13-7-14-17-10/h7-8H,2-6H2,1H3,(H,15,16)(H,12,13,14). The van der Waals surface area contributed by atoms with Crippen molar-refractivity contribution >= 4 is 22.6 Å². The Hall–Kier alpha value is -1.17. The van der Waals surface area contributed by atoms with E-state index in [1.165, 1.54) is 17.9 Å². The monoisotopic (exact) mass is 255 g/mol. The minimum atomic E-state index is -0.693. The highest BCUT2D eigenvalue weighted by molar-refractivity contribution is 7.09. The number of aromatic nitrogens is 2. The maximum Gasteiger partial charge on any atom is 0.311 e. The van der Waals surface area contributed by atoms with E-state index in [9.17, 15) is 9.90 Å². The fourth-order valence-corrected chi connectivity index (χ4v) is 2.70. The lowest BCUT2D eigenvalue weighted by atomic mass is 9.71. The largest absolute Gasteiger partial charge is 0.481 e. The number of nitrogens with one attached hydrogen (secondary N) is 1. The van der Waals surface area contributed by atoms with Gasteiger partial charge in [0.05, 0.1) is 5.41 Å². The molecule has 0 saturated heterocycles. The summed E-state index contributed by atoms with van der Waals surface area (Å²) in [5.74, 6) is -0.0505. The molecule has 0 atom stereocenters. The normalized spacial score (nSPS) is 28.9. The van der Waals surface area contributed by atoms with Crippen LogP contribution < -0.4 is 5.32 Å². The lowest BCUT2D eigenvalue weighted by Crippen LogP contribution is -2.41. The number of carboxylic acids is 1. The van der Waals surface area contributed by atoms with Crippen LogP contribution >= 0.6 is 11.5 Å². The van der Waals surface area contributed by atoms with Crippen molar-refractivity contribution in [2.75, 3.05) is 11.9 Å². The van der Waals surface area contributed by atoms with Gasteiger partial charge < -0.3 is 10.4 Å². The number of aliphatic carboxylic acids is 1. The summed E-state index contributed by atoms with van der Waals surface area (Å²) in [4.78, 5) is 15.5. The zero-order valence-electron chi connectivity index (χ0n) is 9.85. The molecule has 1 fully saturated rings. The summed E-state index contributed by atoms with van der Waals surface area (Å²) in [7, 11) is 0. The molecule has 0 spiro atoms. The molecular weight excluding hydrogens is 238 g/mol. The van der Waals surface area contributed by atoms with Gasteiger partial charge in [-0.15, -0.1) is 0 Å². The average molecular weight is 255 g/mol. The van der Waals surface area contributed by atoms with Gasteiger partial charge in [0, 0.05) is 18.1 Å². The second-order valence-corrected chi connectivity index (χ2v) is 5.65. The van der Waals surface area contributed by atoms with Crippen molar-refractivity contribution in [1.82, 2.24) is 9.36 Å². The molecule has 0 amide bonds. The van der Waals surface area contributed by atoms with Crippen molar-refractivity contribution in [3.8, 4) is 0 Å². The van der Waals surface area contributed by atoms with Crippen molar-refractivity contribution in [2.45, 2.75) is 32.6 Å². The first-order valence-electron chi connectivity index (χ1n) is 5.86. The van der Waals surface area contributed by atoms with Crippen molar-refractivity contribution < 1.29 is 9.90 Å². The zero-order valence-corrected chi connectivity index (χ0v) is 10.7. The predicted molar refractivity (Wildman–Crippen MR) is 66.1 cm³/mol. The summed E-state index contributed by atoms with van der Waals surface area (Å²) in [5, 5.41) is 13.2. The Morgan fingerprint density at radius 2 is 2.35 bits per heavy atom. The van der Waals surface area contributed by atoms with E-state index in [1.54, 1.807) is 0 Å². The molecule has 6 heteroatoms. The Balaban J connectivity index is 2.00. The molecule has 1 aliphatic carbocycles. The van der Waals surface area contributed by atoms with Crippen LogP contribution in [-0.2, 0) is 4.79 Å². The SMILES string of the molecule is CC1CCC(CNc2ncns2)(C(=O)O)CC1. The lowest BCUT2D eigenvalue weighted by Gasteiger charge is -2.35. The van der Waals surface area contributed by atoms with E-state index in [0.717, 1.165) is 25.7 Å². The van der Waals surface area contributed by atoms with Crippen molar-refractivity contribution in [3.63, 3.8) is 0 Å². The molecule has 94 valence electrons. The van der Waals surface area contributed by atoms with E-state index in [1.807, 2.05) is 0 Å². The van der Waals surface area contributed by atoms with Gasteiger partial charge in [-0.3, -0.25) is 4.79 Å². The van der Waals surface area contributed by atoms with Crippen LogP contribution in [-0.4, -0.2) is 27.0 Å². The highest BCUT2D eigenvalue weighted by Gasteiger charge is 2.41. The maximum absolute atomic E-state index is 11.5. The van der Waals surface area contributed by atoms with Gasteiger partial charge in [-0.05, 0) is 31.6 Å². The van der Waals surface area contributed by atoms with Gasteiger partial charge in [0.1, 0.15) is 6.33 Å². The second kappa shape index (κ2) is 5.00. The molecule has 0 unspecified atom stereocenters. The molecule has 1 aromatic rings. The van der Waals surface area contributed by atoms with Crippen LogP contribution in [0.4, 0.5) is 5.13 Å². The van der Waals surface area contributed by atoms with Crippen molar-refractivity contribution in [2.24, 2.45) is 11.3 Å². The van der Waals surface area contributed by atoms with E-state index in [2.05, 4.69) is 21.6 Å². The number of anilines is 1. The Kier molecular flexibility index (Phi) is 3.61. The van der Waals surface area contributed by atoms with Crippen LogP contribution in [0.3, 0.4) is 0 Å². The Bertz CT molecular complexity index is 372. The van der Waals surface area contributed by atoms with Crippen LogP contribution in [0, 0.1) is 11.3 Å². The van der Waals surface area contributed by atoms with Gasteiger partial charge in [0.2, 0.25) is 5.13 Å². The van der Waals surface area contributed by atoms with E-state index < -0.39 is 11.4 Å². The second-order valence-electron chi connectivity index (χ2n) is 4.87. The summed E-state index contributed by atoms with van der Waals surface area (Å²) < 4.78 is 3.89. The average Bonchev–Trinajstić information content (AvgIpc) is 2.81. The number of rotatable bonds is 4. The molecule has 0 bridgehead atoms. The van der Waals surface area contributed by atoms with E-state index >= 15 is 0 Å². The molecule has 2 N–H and O–H groups in total. The van der Waals surface area contributed by atoms with Crippen molar-refractivity contribution in [3.05, 3.63) is 6.33 Å². The molecular formula is C11H17N3O2S. The number of hydrogen-bond acceptors (Lipinski definition) is 5. The molecule has 0 aliphatic heterocycles. The van der Waals surface area contributed by atoms with Crippen LogP contribution in [0.2, 0.25) is 0 Å². The first kappa shape index (κ1) is 12.3. The summed E-state index contributed by atoms with van der Waals surface area (Å²) >= 11 is 1.26. The first-order chi connectivity index (χ1) is 8.12. The Labute approximate surface area is 104 Å². The topological polar surface area (TPSA) is 75.1 Å². The molecule has 17 heavy (non-hydrogen) atoms. The number of hydrogen-bond donors (Lipinski definition) is 2. The molecule has 0 aromatic carbocycles. The molecule has 5 nitrogen and oxygen atoms in total. The minimum Gasteiger partial charge on any atom is -0.481 e. The fourth-order valence-electron chi connectivity index (χ4n) is 2.28. The fraction of sp³-hybridized carbons (Fsp3) is 0.727. The third kappa shape index (κ3) is 2.74. The molecule has 2 rings (SSSR count). The van der Waals surface area contributed by atoms with Crippen molar-refractivity contribution in [1.29, 1.82) is 0 Å². The molecule has 1 saturated carbocycles. The highest BCUT2D eigenvalue weighted by Crippen LogP contribution is 2.39. The van der Waals surface area contributed by atoms with Crippen LogP contribution in [0.25, 0.3) is 0 Å². The molecule has 1 aliphatic rings. The van der Waals surface area contributed by atoms with E-state index in [-0.39, 0.29) is 0 Å². The van der Waals surface area contributed by atoms with Gasteiger partial charge >= 0.3 is 5.97 Å². The quantitative estimate of drug-likeness (QED) is 0.863. The Morgan fingerprint density at radius 3 is 2.88 bits per heavy atom. The first-order valence-corrected chi connectivity index (χ1v) is 6.64. The van der Waals surface area contributed by atoms with Crippen LogP contribution in [0.15, 0.2) is 6.33 Å². The maximum atomic E-state index is 11.5. The summed E-state index contributed by atoms with van der Waals surface area (Å²) in [6.07, 6.45) is 4.95. The van der Waals surface area contributed by atoms with Gasteiger partial charge in [-0.2, -0.15) is 4.37 Å². The summed E-state index contributed by atoms with van der Waals surface area (Å²) in [5.41, 5.74) is -0.627. The van der Waals surface area contributed by atoms with Gasteiger partial charge in [0.25, 0.3) is 0 Å². The number of nitrogens with zero attached hydrogens (tertiary/aromatic N) is 2. The number of carboxylic acid groups (broad SMARTS) is 1. The van der Waals surface area contributed by atoms with Gasteiger partial charge in [-0.1, -0.05) is 6.92 Å². The number of carbonyl (C=O) groups is 1. The van der Waals surface area contributed by atoms with Gasteiger partial charge in [-0.25, -0.2) is 4.98 Å². The van der Waals surface area contributed by atoms with Gasteiger partial charge in [0.15, 0.2) is 0 Å². The smallest absolute Gasteiger partial charge is 0.311 e. The van der Waals surface area contributed by atoms with Crippen LogP contribution in [0.5, 0.6) is 0 Å². The van der Waals surface area contributed by atoms with E-state index in [4.69, 9.17) is 0 Å². The predicted octanol–water partition coefficient (Wildman–Crippen LogP) is 2.23. The zero-order chi connectivity index (χ0) is 12.3. The molecule has 1 heterocycles. The summed E-state index contributed by atoms with van der Waals surface area (Å²) in [6.45, 7) is 2.63. The molecule has 0 radical (unpaired) electrons. The Morgan fingerprint density at radius 1 is 1.65 bits per heavy atom. The van der Waals surface area contributed by atoms with Crippen LogP contribution in [0.1, 0.15) is 32.6 Å². The molecule has 1 aromatic heterocycles. The lowest BCUT2D eigenvalue weighted by molar-refractivity contribution is -0.150. The van der Waals surface area contributed by atoms with E-state index in [0.29, 0.717) is 17.6 Å². The third-order valence-electron chi connectivity index (χ3n) is 3.62. The summed E-state index contributed by atoms with van der Waals surface area (Å²) in [6, 6.07) is 0.